The Morgan fingerprint density at radius 3 is 2.11 bits per heavy atom. The molecule has 8 aromatic rings. The van der Waals surface area contributed by atoms with Crippen LogP contribution in [0.2, 0.25) is 0 Å². The van der Waals surface area contributed by atoms with Crippen molar-refractivity contribution in [2.24, 2.45) is 0 Å². The molecule has 0 unspecified atom stereocenters. The predicted molar refractivity (Wildman–Crippen MR) is 153 cm³/mol. The summed E-state index contributed by atoms with van der Waals surface area (Å²) in [5, 5.41) is 11.8. The lowest BCUT2D eigenvalue weighted by atomic mass is 9.98. The second-order valence-electron chi connectivity index (χ2n) is 9.48. The normalized spacial score (nSPS) is 11.7. The van der Waals surface area contributed by atoms with Gasteiger partial charge in [-0.15, -0.1) is 5.10 Å². The molecule has 178 valence electrons. The van der Waals surface area contributed by atoms with Gasteiger partial charge < -0.3 is 4.57 Å². The van der Waals surface area contributed by atoms with Gasteiger partial charge in [0, 0.05) is 27.4 Å². The average Bonchev–Trinajstić information content (AvgIpc) is 3.60. The van der Waals surface area contributed by atoms with Gasteiger partial charge >= 0.3 is 0 Å². The number of benzene rings is 5. The van der Waals surface area contributed by atoms with Gasteiger partial charge in [0.15, 0.2) is 5.65 Å². The smallest absolute Gasteiger partial charge is 0.176 e. The highest BCUT2D eigenvalue weighted by atomic mass is 15.4. The fraction of sp³-hybridized carbons (Fsp3) is 0. The van der Waals surface area contributed by atoms with Crippen molar-refractivity contribution < 1.29 is 0 Å². The maximum Gasteiger partial charge on any atom is 0.176 e. The molecule has 0 radical (unpaired) electrons. The molecule has 8 rings (SSSR count). The molecule has 0 N–H and O–H groups in total. The summed E-state index contributed by atoms with van der Waals surface area (Å²) in [6, 6.07) is 42.8. The van der Waals surface area contributed by atoms with Crippen LogP contribution in [0.1, 0.15) is 0 Å². The third-order valence-corrected chi connectivity index (χ3v) is 7.30. The first-order valence-electron chi connectivity index (χ1n) is 12.6. The van der Waals surface area contributed by atoms with Gasteiger partial charge in [0.05, 0.1) is 28.4 Å². The zero-order valence-corrected chi connectivity index (χ0v) is 20.4. The van der Waals surface area contributed by atoms with Crippen molar-refractivity contribution >= 4 is 38.4 Å². The standard InChI is InChI=1S/C33H21N5/c1-2-11-25(12-3-1)37-29-15-6-4-13-26(29)28-20-23(17-18-30(28)37)22-9-8-10-24(19-22)33-27-14-5-7-16-31(27)38-32(35-33)21-34-36-38/h1-21H. The molecule has 5 aromatic carbocycles. The Kier molecular flexibility index (Phi) is 4.45. The van der Waals surface area contributed by atoms with Crippen molar-refractivity contribution in [3.63, 3.8) is 0 Å². The van der Waals surface area contributed by atoms with E-state index in [1.54, 1.807) is 10.7 Å². The van der Waals surface area contributed by atoms with Crippen molar-refractivity contribution in [2.75, 3.05) is 0 Å². The Hall–Kier alpha value is -5.29. The van der Waals surface area contributed by atoms with Gasteiger partial charge in [-0.3, -0.25) is 0 Å². The summed E-state index contributed by atoms with van der Waals surface area (Å²) in [6.07, 6.45) is 1.70. The van der Waals surface area contributed by atoms with Crippen LogP contribution >= 0.6 is 0 Å². The van der Waals surface area contributed by atoms with Crippen LogP contribution in [-0.2, 0) is 0 Å². The largest absolute Gasteiger partial charge is 0.309 e. The third kappa shape index (κ3) is 3.09. The third-order valence-electron chi connectivity index (χ3n) is 7.30. The number of hydrogen-bond acceptors (Lipinski definition) is 3. The fourth-order valence-corrected chi connectivity index (χ4v) is 5.58. The number of nitrogens with zero attached hydrogens (tertiary/aromatic N) is 5. The van der Waals surface area contributed by atoms with E-state index in [-0.39, 0.29) is 0 Å². The molecular weight excluding hydrogens is 466 g/mol. The number of rotatable bonds is 3. The van der Waals surface area contributed by atoms with E-state index in [0.717, 1.165) is 39.1 Å². The van der Waals surface area contributed by atoms with E-state index in [1.165, 1.54) is 27.4 Å². The van der Waals surface area contributed by atoms with E-state index in [2.05, 4.69) is 124 Å². The highest BCUT2D eigenvalue weighted by Crippen LogP contribution is 2.36. The molecule has 0 fully saturated rings. The summed E-state index contributed by atoms with van der Waals surface area (Å²) in [4.78, 5) is 4.93. The zero-order valence-electron chi connectivity index (χ0n) is 20.4. The quantitative estimate of drug-likeness (QED) is 0.256. The Balaban J connectivity index is 1.32. The highest BCUT2D eigenvalue weighted by molar-refractivity contribution is 6.10. The first-order chi connectivity index (χ1) is 18.8. The molecule has 0 aliphatic heterocycles. The Morgan fingerprint density at radius 1 is 0.500 bits per heavy atom. The van der Waals surface area contributed by atoms with Crippen molar-refractivity contribution in [1.82, 2.24) is 24.4 Å². The Labute approximate surface area is 218 Å². The molecule has 0 amide bonds. The van der Waals surface area contributed by atoms with Gasteiger partial charge in [0.25, 0.3) is 0 Å². The molecule has 3 heterocycles. The summed E-state index contributed by atoms with van der Waals surface area (Å²) in [5.41, 5.74) is 9.61. The van der Waals surface area contributed by atoms with Crippen LogP contribution in [0.15, 0.2) is 128 Å². The van der Waals surface area contributed by atoms with Gasteiger partial charge in [-0.1, -0.05) is 84.1 Å². The SMILES string of the molecule is c1ccc(-n2c3ccccc3c3cc(-c4cccc(-c5nc6cnnn6c6ccccc56)c4)ccc32)cc1. The number of fused-ring (bicyclic) bond motifs is 6. The topological polar surface area (TPSA) is 48.0 Å². The van der Waals surface area contributed by atoms with Gasteiger partial charge in [-0.25, -0.2) is 4.98 Å². The van der Waals surface area contributed by atoms with Crippen LogP contribution in [0.3, 0.4) is 0 Å². The molecule has 0 aliphatic carbocycles. The van der Waals surface area contributed by atoms with Crippen LogP contribution in [0.4, 0.5) is 0 Å². The minimum absolute atomic E-state index is 0.735. The molecule has 5 heteroatoms. The van der Waals surface area contributed by atoms with E-state index in [9.17, 15) is 0 Å². The lowest BCUT2D eigenvalue weighted by Crippen LogP contribution is -1.96. The minimum atomic E-state index is 0.735. The zero-order chi connectivity index (χ0) is 25.1. The maximum atomic E-state index is 4.93. The van der Waals surface area contributed by atoms with Crippen molar-refractivity contribution in [1.29, 1.82) is 0 Å². The lowest BCUT2D eigenvalue weighted by Gasteiger charge is -2.10. The average molecular weight is 488 g/mol. The summed E-state index contributed by atoms with van der Waals surface area (Å²) < 4.78 is 4.13. The van der Waals surface area contributed by atoms with Crippen LogP contribution in [-0.4, -0.2) is 24.4 Å². The van der Waals surface area contributed by atoms with E-state index in [4.69, 9.17) is 4.98 Å². The summed E-state index contributed by atoms with van der Waals surface area (Å²) >= 11 is 0. The van der Waals surface area contributed by atoms with E-state index >= 15 is 0 Å². The van der Waals surface area contributed by atoms with Gasteiger partial charge in [0.1, 0.15) is 0 Å². The predicted octanol–water partition coefficient (Wildman–Crippen LogP) is 7.71. The van der Waals surface area contributed by atoms with Crippen LogP contribution in [0, 0.1) is 0 Å². The molecule has 0 saturated carbocycles. The van der Waals surface area contributed by atoms with Crippen molar-refractivity contribution in [3.05, 3.63) is 128 Å². The lowest BCUT2D eigenvalue weighted by molar-refractivity contribution is 0.876. The van der Waals surface area contributed by atoms with Crippen LogP contribution in [0.25, 0.3) is 66.4 Å². The number of aromatic nitrogens is 5. The number of hydrogen-bond donors (Lipinski definition) is 0. The van der Waals surface area contributed by atoms with Crippen LogP contribution in [0.5, 0.6) is 0 Å². The molecule has 0 atom stereocenters. The summed E-state index contributed by atoms with van der Waals surface area (Å²) in [5.74, 6) is 0. The molecule has 0 saturated heterocycles. The first kappa shape index (κ1) is 20.9. The Bertz CT molecular complexity index is 2140. The van der Waals surface area contributed by atoms with E-state index in [0.29, 0.717) is 0 Å². The van der Waals surface area contributed by atoms with E-state index in [1.807, 2.05) is 12.1 Å². The number of para-hydroxylation sites is 3. The van der Waals surface area contributed by atoms with Gasteiger partial charge in [0.2, 0.25) is 0 Å². The fourth-order valence-electron chi connectivity index (χ4n) is 5.58. The van der Waals surface area contributed by atoms with E-state index < -0.39 is 0 Å². The van der Waals surface area contributed by atoms with Crippen molar-refractivity contribution in [3.8, 4) is 28.1 Å². The molecule has 0 spiro atoms. The minimum Gasteiger partial charge on any atom is -0.309 e. The molecule has 0 aliphatic rings. The second kappa shape index (κ2) is 8.11. The monoisotopic (exact) mass is 487 g/mol. The van der Waals surface area contributed by atoms with Crippen LogP contribution < -0.4 is 0 Å². The Morgan fingerprint density at radius 2 is 1.21 bits per heavy atom. The summed E-state index contributed by atoms with van der Waals surface area (Å²) in [6.45, 7) is 0. The second-order valence-corrected chi connectivity index (χ2v) is 9.48. The maximum absolute atomic E-state index is 4.93. The first-order valence-corrected chi connectivity index (χ1v) is 12.6. The molecule has 38 heavy (non-hydrogen) atoms. The summed E-state index contributed by atoms with van der Waals surface area (Å²) in [7, 11) is 0. The van der Waals surface area contributed by atoms with Gasteiger partial charge in [-0.05, 0) is 53.6 Å². The molecule has 3 aromatic heterocycles. The van der Waals surface area contributed by atoms with Gasteiger partial charge in [-0.2, -0.15) is 4.52 Å². The molecule has 5 nitrogen and oxygen atoms in total. The van der Waals surface area contributed by atoms with Crippen molar-refractivity contribution in [2.45, 2.75) is 0 Å². The molecular formula is C33H21N5. The molecule has 0 bridgehead atoms. The highest BCUT2D eigenvalue weighted by Gasteiger charge is 2.15.